The molecule has 0 aliphatic heterocycles. The number of aliphatic hydroxyl groups is 1. The Morgan fingerprint density at radius 1 is 1.60 bits per heavy atom. The van der Waals surface area contributed by atoms with Gasteiger partial charge >= 0.3 is 0 Å². The highest BCUT2D eigenvalue weighted by atomic mass is 16.6. The van der Waals surface area contributed by atoms with Gasteiger partial charge in [0.05, 0.1) is 12.3 Å². The lowest BCUT2D eigenvalue weighted by molar-refractivity contribution is 0.0145. The minimum atomic E-state index is -0.144. The van der Waals surface area contributed by atoms with Crippen molar-refractivity contribution < 1.29 is 9.94 Å². The predicted octanol–water partition coefficient (Wildman–Crippen LogP) is 1.17. The first-order chi connectivity index (χ1) is 4.70. The van der Waals surface area contributed by atoms with Crippen LogP contribution in [0.4, 0.5) is 0 Å². The Morgan fingerprint density at radius 3 is 2.50 bits per heavy atom. The van der Waals surface area contributed by atoms with Crippen molar-refractivity contribution in [1.82, 2.24) is 0 Å². The molecule has 10 heavy (non-hydrogen) atoms. The van der Waals surface area contributed by atoms with E-state index < -0.39 is 0 Å². The van der Waals surface area contributed by atoms with Crippen molar-refractivity contribution in [2.24, 2.45) is 5.16 Å². The number of hydrogen-bond acceptors (Lipinski definition) is 3. The van der Waals surface area contributed by atoms with Gasteiger partial charge in [-0.05, 0) is 20.3 Å². The summed E-state index contributed by atoms with van der Waals surface area (Å²) in [6.45, 7) is 5.68. The predicted molar refractivity (Wildman–Crippen MR) is 41.0 cm³/mol. The van der Waals surface area contributed by atoms with Gasteiger partial charge in [0.1, 0.15) is 6.10 Å². The van der Waals surface area contributed by atoms with Crippen LogP contribution < -0.4 is 0 Å². The maximum Gasteiger partial charge on any atom is 0.150 e. The van der Waals surface area contributed by atoms with Gasteiger partial charge in [0.25, 0.3) is 0 Å². The normalized spacial score (nSPS) is 12.4. The second-order valence-corrected chi connectivity index (χ2v) is 2.36. The van der Waals surface area contributed by atoms with Crippen LogP contribution in [0, 0.1) is 0 Å². The van der Waals surface area contributed by atoms with E-state index in [9.17, 15) is 0 Å². The van der Waals surface area contributed by atoms with Crippen LogP contribution in [0.1, 0.15) is 27.2 Å². The van der Waals surface area contributed by atoms with E-state index in [1.54, 1.807) is 0 Å². The summed E-state index contributed by atoms with van der Waals surface area (Å²) in [6.07, 6.45) is 0.641. The number of oxime groups is 1. The van der Waals surface area contributed by atoms with Gasteiger partial charge in [0, 0.05) is 0 Å². The molecule has 0 rings (SSSR count). The van der Waals surface area contributed by atoms with Crippen molar-refractivity contribution in [2.75, 3.05) is 6.61 Å². The molecule has 0 heterocycles. The molecule has 0 aromatic rings. The number of aliphatic hydroxyl groups excluding tert-OH is 1. The molecule has 3 heteroatoms. The summed E-state index contributed by atoms with van der Waals surface area (Å²) in [6, 6.07) is 0. The Kier molecular flexibility index (Phi) is 4.94. The highest BCUT2D eigenvalue weighted by molar-refractivity contribution is 5.78. The molecule has 0 saturated heterocycles. The van der Waals surface area contributed by atoms with Crippen LogP contribution in [0.25, 0.3) is 0 Å². The molecule has 60 valence electrons. The van der Waals surface area contributed by atoms with E-state index in [1.165, 1.54) is 0 Å². The molecule has 0 aromatic carbocycles. The molecule has 0 aliphatic carbocycles. The van der Waals surface area contributed by atoms with Crippen molar-refractivity contribution in [1.29, 1.82) is 0 Å². The van der Waals surface area contributed by atoms with Crippen molar-refractivity contribution in [2.45, 2.75) is 33.3 Å². The van der Waals surface area contributed by atoms with Crippen LogP contribution in [0.15, 0.2) is 5.16 Å². The Labute approximate surface area is 61.7 Å². The largest absolute Gasteiger partial charge is 0.392 e. The van der Waals surface area contributed by atoms with Crippen molar-refractivity contribution in [3.8, 4) is 0 Å². The van der Waals surface area contributed by atoms with E-state index in [1.807, 2.05) is 20.8 Å². The Bertz CT molecular complexity index is 104. The molecule has 1 N–H and O–H groups in total. The molecule has 0 aliphatic rings. The van der Waals surface area contributed by atoms with Gasteiger partial charge in [0.15, 0.2) is 0 Å². The van der Waals surface area contributed by atoms with E-state index in [4.69, 9.17) is 9.94 Å². The summed E-state index contributed by atoms with van der Waals surface area (Å²) in [5.74, 6) is 0. The van der Waals surface area contributed by atoms with Gasteiger partial charge in [-0.1, -0.05) is 12.1 Å². The van der Waals surface area contributed by atoms with Crippen LogP contribution in [0.2, 0.25) is 0 Å². The smallest absolute Gasteiger partial charge is 0.150 e. The van der Waals surface area contributed by atoms with Crippen LogP contribution in [0.5, 0.6) is 0 Å². The molecular formula is C7H15NO2. The van der Waals surface area contributed by atoms with Gasteiger partial charge in [-0.3, -0.25) is 0 Å². The highest BCUT2D eigenvalue weighted by Gasteiger charge is 2.02. The lowest BCUT2D eigenvalue weighted by Crippen LogP contribution is -2.13. The molecule has 0 radical (unpaired) electrons. The maximum absolute atomic E-state index is 8.64. The summed E-state index contributed by atoms with van der Waals surface area (Å²) < 4.78 is 0. The van der Waals surface area contributed by atoms with Crippen LogP contribution in [-0.2, 0) is 4.84 Å². The third-order valence-corrected chi connectivity index (χ3v) is 1.04. The Balaban J connectivity index is 3.54. The van der Waals surface area contributed by atoms with Gasteiger partial charge < -0.3 is 9.94 Å². The fourth-order valence-electron chi connectivity index (χ4n) is 0.417. The molecule has 0 aromatic heterocycles. The minimum Gasteiger partial charge on any atom is -0.392 e. The molecule has 3 nitrogen and oxygen atoms in total. The summed E-state index contributed by atoms with van der Waals surface area (Å²) in [7, 11) is 0. The maximum atomic E-state index is 8.64. The Morgan fingerprint density at radius 2 is 2.20 bits per heavy atom. The minimum absolute atomic E-state index is 0.0350. The molecule has 0 unspecified atom stereocenters. The summed E-state index contributed by atoms with van der Waals surface area (Å²) >= 11 is 0. The van der Waals surface area contributed by atoms with Gasteiger partial charge in [-0.25, -0.2) is 0 Å². The zero-order valence-corrected chi connectivity index (χ0v) is 6.79. The van der Waals surface area contributed by atoms with Crippen LogP contribution >= 0.6 is 0 Å². The van der Waals surface area contributed by atoms with Crippen molar-refractivity contribution in [3.05, 3.63) is 0 Å². The zero-order chi connectivity index (χ0) is 7.98. The zero-order valence-electron chi connectivity index (χ0n) is 6.79. The Hall–Kier alpha value is -0.570. The third-order valence-electron chi connectivity index (χ3n) is 1.04. The van der Waals surface area contributed by atoms with E-state index in [2.05, 4.69) is 5.16 Å². The van der Waals surface area contributed by atoms with Gasteiger partial charge in [0.2, 0.25) is 0 Å². The van der Waals surface area contributed by atoms with Crippen LogP contribution in [-0.4, -0.2) is 23.5 Å². The average molecular weight is 145 g/mol. The second-order valence-electron chi connectivity index (χ2n) is 2.36. The van der Waals surface area contributed by atoms with E-state index in [-0.39, 0.29) is 12.7 Å². The average Bonchev–Trinajstić information content (AvgIpc) is 1.90. The molecule has 0 bridgehead atoms. The van der Waals surface area contributed by atoms with Crippen LogP contribution in [0.3, 0.4) is 0 Å². The fraction of sp³-hybridized carbons (Fsp3) is 0.857. The number of rotatable bonds is 4. The summed E-state index contributed by atoms with van der Waals surface area (Å²) in [4.78, 5) is 4.94. The topological polar surface area (TPSA) is 41.8 Å². The molecule has 0 spiro atoms. The molecule has 0 fully saturated rings. The van der Waals surface area contributed by atoms with Crippen molar-refractivity contribution >= 4 is 5.71 Å². The molecule has 1 atom stereocenters. The molecular weight excluding hydrogens is 130 g/mol. The lowest BCUT2D eigenvalue weighted by atomic mass is 10.3. The lowest BCUT2D eigenvalue weighted by Gasteiger charge is -2.08. The SMILES string of the molecule is CC[C@H](CO)ON=C(C)C. The monoisotopic (exact) mass is 145 g/mol. The van der Waals surface area contributed by atoms with Gasteiger partial charge in [-0.2, -0.15) is 0 Å². The first-order valence-corrected chi connectivity index (χ1v) is 3.48. The molecule has 0 saturated carbocycles. The second kappa shape index (κ2) is 5.23. The van der Waals surface area contributed by atoms with Gasteiger partial charge in [-0.15, -0.1) is 0 Å². The van der Waals surface area contributed by atoms with E-state index >= 15 is 0 Å². The van der Waals surface area contributed by atoms with Crippen molar-refractivity contribution in [3.63, 3.8) is 0 Å². The quantitative estimate of drug-likeness (QED) is 0.476. The first-order valence-electron chi connectivity index (χ1n) is 3.48. The summed E-state index contributed by atoms with van der Waals surface area (Å²) in [5, 5.41) is 12.4. The first kappa shape index (κ1) is 9.43. The van der Waals surface area contributed by atoms with E-state index in [0.29, 0.717) is 0 Å². The number of nitrogens with zero attached hydrogens (tertiary/aromatic N) is 1. The number of hydrogen-bond donors (Lipinski definition) is 1. The molecule has 0 amide bonds. The summed E-state index contributed by atoms with van der Waals surface area (Å²) in [5.41, 5.74) is 0.868. The standard InChI is InChI=1S/C7H15NO2/c1-4-7(5-9)10-8-6(2)3/h7,9H,4-5H2,1-3H3/t7-/m1/s1. The van der Waals surface area contributed by atoms with E-state index in [0.717, 1.165) is 12.1 Å². The fourth-order valence-corrected chi connectivity index (χ4v) is 0.417. The highest BCUT2D eigenvalue weighted by Crippen LogP contribution is 1.96. The third kappa shape index (κ3) is 4.32.